The maximum atomic E-state index is 12.0. The summed E-state index contributed by atoms with van der Waals surface area (Å²) in [5, 5.41) is 3.37. The smallest absolute Gasteiger partial charge is 0.224 e. The van der Waals surface area contributed by atoms with Gasteiger partial charge in [-0.15, -0.1) is 0 Å². The first-order valence-electron chi connectivity index (χ1n) is 6.31. The fraction of sp³-hybridized carbons (Fsp3) is 0.917. The molecule has 0 radical (unpaired) electrons. The lowest BCUT2D eigenvalue weighted by Gasteiger charge is -2.36. The molecule has 92 valence electrons. The lowest BCUT2D eigenvalue weighted by molar-refractivity contribution is -0.143. The molecular formula is C12H22N2O2. The average molecular weight is 226 g/mol. The van der Waals surface area contributed by atoms with Gasteiger partial charge in [0, 0.05) is 25.6 Å². The van der Waals surface area contributed by atoms with E-state index in [-0.39, 0.29) is 18.1 Å². The summed E-state index contributed by atoms with van der Waals surface area (Å²) in [6.07, 6.45) is 3.35. The van der Waals surface area contributed by atoms with Gasteiger partial charge in [0.15, 0.2) is 0 Å². The van der Waals surface area contributed by atoms with Crippen molar-refractivity contribution in [3.05, 3.63) is 0 Å². The molecule has 0 aromatic rings. The van der Waals surface area contributed by atoms with E-state index in [0.29, 0.717) is 19.1 Å². The molecule has 1 aliphatic heterocycles. The molecule has 2 aliphatic rings. The Morgan fingerprint density at radius 3 is 2.88 bits per heavy atom. The second-order valence-corrected chi connectivity index (χ2v) is 5.02. The summed E-state index contributed by atoms with van der Waals surface area (Å²) in [4.78, 5) is 13.9. The molecule has 1 N–H and O–H groups in total. The Morgan fingerprint density at radius 1 is 1.44 bits per heavy atom. The van der Waals surface area contributed by atoms with E-state index in [9.17, 15) is 4.79 Å². The Labute approximate surface area is 97.3 Å². The average Bonchev–Trinajstić information content (AvgIpc) is 3.05. The van der Waals surface area contributed by atoms with Gasteiger partial charge in [0.25, 0.3) is 0 Å². The van der Waals surface area contributed by atoms with E-state index >= 15 is 0 Å². The van der Waals surface area contributed by atoms with E-state index in [1.165, 1.54) is 12.8 Å². The molecule has 0 aromatic carbocycles. The molecule has 1 saturated heterocycles. The molecular weight excluding hydrogens is 204 g/mol. The number of hydrogen-bond acceptors (Lipinski definition) is 3. The minimum Gasteiger partial charge on any atom is -0.375 e. The van der Waals surface area contributed by atoms with Crippen LogP contribution in [0.15, 0.2) is 0 Å². The van der Waals surface area contributed by atoms with Crippen molar-refractivity contribution in [2.75, 3.05) is 19.7 Å². The van der Waals surface area contributed by atoms with Crippen molar-refractivity contribution < 1.29 is 9.53 Å². The topological polar surface area (TPSA) is 41.6 Å². The maximum absolute atomic E-state index is 12.0. The van der Waals surface area contributed by atoms with E-state index in [2.05, 4.69) is 12.2 Å². The third kappa shape index (κ3) is 3.19. The first-order valence-corrected chi connectivity index (χ1v) is 6.31. The van der Waals surface area contributed by atoms with Crippen LogP contribution >= 0.6 is 0 Å². The second-order valence-electron chi connectivity index (χ2n) is 5.02. The fourth-order valence-corrected chi connectivity index (χ4v) is 2.07. The highest BCUT2D eigenvalue weighted by atomic mass is 16.5. The van der Waals surface area contributed by atoms with Gasteiger partial charge in [-0.05, 0) is 26.7 Å². The molecule has 1 aliphatic carbocycles. The summed E-state index contributed by atoms with van der Waals surface area (Å²) in [7, 11) is 0. The van der Waals surface area contributed by atoms with Crippen LogP contribution < -0.4 is 5.32 Å². The fourth-order valence-electron chi connectivity index (χ4n) is 2.07. The largest absolute Gasteiger partial charge is 0.375 e. The van der Waals surface area contributed by atoms with Crippen LogP contribution in [-0.4, -0.2) is 48.7 Å². The zero-order chi connectivity index (χ0) is 11.5. The highest BCUT2D eigenvalue weighted by molar-refractivity contribution is 5.76. The standard InChI is InChI=1S/C12H22N2O2/c1-9-8-16-10(2)7-14(9)12(15)5-6-13-11-3-4-11/h9-11,13H,3-8H2,1-2H3. The van der Waals surface area contributed by atoms with Crippen molar-refractivity contribution in [2.45, 2.75) is 51.3 Å². The number of hydrogen-bond donors (Lipinski definition) is 1. The van der Waals surface area contributed by atoms with Gasteiger partial charge in [-0.25, -0.2) is 0 Å². The first-order chi connectivity index (χ1) is 7.66. The molecule has 2 fully saturated rings. The quantitative estimate of drug-likeness (QED) is 0.769. The predicted octanol–water partition coefficient (Wildman–Crippen LogP) is 0.764. The van der Waals surface area contributed by atoms with Crippen molar-refractivity contribution in [1.29, 1.82) is 0 Å². The number of carbonyl (C=O) groups excluding carboxylic acids is 1. The molecule has 2 atom stereocenters. The molecule has 0 aromatic heterocycles. The minimum atomic E-state index is 0.177. The summed E-state index contributed by atoms with van der Waals surface area (Å²) in [6.45, 7) is 6.31. The number of ether oxygens (including phenoxy) is 1. The molecule has 1 heterocycles. The van der Waals surface area contributed by atoms with E-state index in [1.54, 1.807) is 0 Å². The molecule has 4 heteroatoms. The number of nitrogens with zero attached hydrogens (tertiary/aromatic N) is 1. The van der Waals surface area contributed by atoms with Crippen LogP contribution in [0, 0.1) is 0 Å². The molecule has 2 rings (SSSR count). The van der Waals surface area contributed by atoms with Gasteiger partial charge in [0.05, 0.1) is 18.8 Å². The summed E-state index contributed by atoms with van der Waals surface area (Å²) >= 11 is 0. The Hall–Kier alpha value is -0.610. The normalized spacial score (nSPS) is 30.5. The van der Waals surface area contributed by atoms with Crippen LogP contribution in [0.2, 0.25) is 0 Å². The van der Waals surface area contributed by atoms with Gasteiger partial charge in [0.1, 0.15) is 0 Å². The van der Waals surface area contributed by atoms with E-state index < -0.39 is 0 Å². The van der Waals surface area contributed by atoms with Gasteiger partial charge in [0.2, 0.25) is 5.91 Å². The van der Waals surface area contributed by atoms with Crippen LogP contribution in [-0.2, 0) is 9.53 Å². The SMILES string of the molecule is CC1CN(C(=O)CCNC2CC2)C(C)CO1. The van der Waals surface area contributed by atoms with E-state index in [1.807, 2.05) is 11.8 Å². The highest BCUT2D eigenvalue weighted by Crippen LogP contribution is 2.18. The Morgan fingerprint density at radius 2 is 2.19 bits per heavy atom. The van der Waals surface area contributed by atoms with Crippen LogP contribution in [0.3, 0.4) is 0 Å². The summed E-state index contributed by atoms with van der Waals surface area (Å²) in [5.41, 5.74) is 0. The van der Waals surface area contributed by atoms with Gasteiger partial charge >= 0.3 is 0 Å². The van der Waals surface area contributed by atoms with E-state index in [4.69, 9.17) is 4.74 Å². The van der Waals surface area contributed by atoms with Crippen molar-refractivity contribution in [2.24, 2.45) is 0 Å². The lowest BCUT2D eigenvalue weighted by Crippen LogP contribution is -2.50. The van der Waals surface area contributed by atoms with E-state index in [0.717, 1.165) is 13.1 Å². The molecule has 0 bridgehead atoms. The molecule has 0 spiro atoms. The maximum Gasteiger partial charge on any atom is 0.224 e. The summed E-state index contributed by atoms with van der Waals surface area (Å²) in [6, 6.07) is 0.915. The first kappa shape index (κ1) is 11.9. The number of rotatable bonds is 4. The van der Waals surface area contributed by atoms with Crippen molar-refractivity contribution in [3.63, 3.8) is 0 Å². The summed E-state index contributed by atoms with van der Waals surface area (Å²) < 4.78 is 5.51. The number of morpholine rings is 1. The highest BCUT2D eigenvalue weighted by Gasteiger charge is 2.27. The molecule has 2 unspecified atom stereocenters. The predicted molar refractivity (Wildman–Crippen MR) is 62.2 cm³/mol. The Bertz CT molecular complexity index is 253. The minimum absolute atomic E-state index is 0.177. The van der Waals surface area contributed by atoms with Gasteiger partial charge in [-0.1, -0.05) is 0 Å². The summed E-state index contributed by atoms with van der Waals surface area (Å²) in [5.74, 6) is 0.260. The third-order valence-electron chi connectivity index (χ3n) is 3.28. The van der Waals surface area contributed by atoms with Crippen LogP contribution in [0.1, 0.15) is 33.1 Å². The lowest BCUT2D eigenvalue weighted by atomic mass is 10.2. The van der Waals surface area contributed by atoms with Crippen molar-refractivity contribution in [3.8, 4) is 0 Å². The number of nitrogens with one attached hydrogen (secondary N) is 1. The molecule has 1 saturated carbocycles. The second kappa shape index (κ2) is 5.15. The van der Waals surface area contributed by atoms with Crippen molar-refractivity contribution in [1.82, 2.24) is 10.2 Å². The zero-order valence-electron chi connectivity index (χ0n) is 10.2. The Kier molecular flexibility index (Phi) is 3.82. The Balaban J connectivity index is 1.72. The van der Waals surface area contributed by atoms with Crippen LogP contribution in [0.4, 0.5) is 0 Å². The van der Waals surface area contributed by atoms with Crippen LogP contribution in [0.5, 0.6) is 0 Å². The van der Waals surface area contributed by atoms with Gasteiger partial charge in [-0.2, -0.15) is 0 Å². The number of amides is 1. The third-order valence-corrected chi connectivity index (χ3v) is 3.28. The molecule has 4 nitrogen and oxygen atoms in total. The number of carbonyl (C=O) groups is 1. The molecule has 16 heavy (non-hydrogen) atoms. The van der Waals surface area contributed by atoms with Crippen molar-refractivity contribution >= 4 is 5.91 Å². The van der Waals surface area contributed by atoms with Gasteiger partial charge < -0.3 is 15.0 Å². The van der Waals surface area contributed by atoms with Gasteiger partial charge in [-0.3, -0.25) is 4.79 Å². The monoisotopic (exact) mass is 226 g/mol. The molecule has 1 amide bonds. The zero-order valence-corrected chi connectivity index (χ0v) is 10.2. The van der Waals surface area contributed by atoms with Crippen LogP contribution in [0.25, 0.3) is 0 Å².